The summed E-state index contributed by atoms with van der Waals surface area (Å²) in [6, 6.07) is 13.8. The molecule has 2 aromatic rings. The highest BCUT2D eigenvalue weighted by molar-refractivity contribution is 5.77. The number of guanidine groups is 1. The molecule has 2 rings (SSSR count). The zero-order valence-electron chi connectivity index (χ0n) is 12.0. The van der Waals surface area contributed by atoms with Crippen LogP contribution in [0.15, 0.2) is 58.1 Å². The number of furan rings is 1. The topological polar surface area (TPSA) is 72.8 Å². The molecule has 0 fully saturated rings. The van der Waals surface area contributed by atoms with Crippen molar-refractivity contribution in [3.05, 3.63) is 60.1 Å². The smallest absolute Gasteiger partial charge is 0.188 e. The van der Waals surface area contributed by atoms with Gasteiger partial charge < -0.3 is 20.2 Å². The van der Waals surface area contributed by atoms with E-state index in [1.165, 1.54) is 0 Å². The number of nitrogens with two attached hydrogens (primary N) is 1. The van der Waals surface area contributed by atoms with Gasteiger partial charge in [-0.05, 0) is 24.1 Å². The van der Waals surface area contributed by atoms with Crippen molar-refractivity contribution in [2.75, 3.05) is 13.2 Å². The Labute approximate surface area is 124 Å². The standard InChI is InChI=1S/C16H21N3O2/c17-16(19-12-14-6-2-1-3-7-14)18-9-5-10-20-13-15-8-4-11-21-15/h1-4,6-8,11H,5,9-10,12-13H2,(H3,17,18,19). The molecule has 0 saturated heterocycles. The lowest BCUT2D eigenvalue weighted by atomic mass is 10.2. The van der Waals surface area contributed by atoms with Gasteiger partial charge >= 0.3 is 0 Å². The maximum Gasteiger partial charge on any atom is 0.188 e. The first-order valence-corrected chi connectivity index (χ1v) is 7.02. The summed E-state index contributed by atoms with van der Waals surface area (Å²) >= 11 is 0. The number of rotatable bonds is 8. The summed E-state index contributed by atoms with van der Waals surface area (Å²) in [6.45, 7) is 2.49. The highest BCUT2D eigenvalue weighted by atomic mass is 16.5. The molecule has 5 heteroatoms. The van der Waals surface area contributed by atoms with Crippen LogP contribution in [0.5, 0.6) is 0 Å². The van der Waals surface area contributed by atoms with Crippen molar-refractivity contribution in [3.8, 4) is 0 Å². The van der Waals surface area contributed by atoms with Gasteiger partial charge in [-0.2, -0.15) is 0 Å². The Morgan fingerprint density at radius 3 is 2.81 bits per heavy atom. The van der Waals surface area contributed by atoms with Gasteiger partial charge in [-0.3, -0.25) is 0 Å². The number of aliphatic imine (C=N–C) groups is 1. The second kappa shape index (κ2) is 8.81. The number of hydrogen-bond acceptors (Lipinski definition) is 3. The fourth-order valence-corrected chi connectivity index (χ4v) is 1.77. The summed E-state index contributed by atoms with van der Waals surface area (Å²) in [5.74, 6) is 1.30. The van der Waals surface area contributed by atoms with E-state index in [0.29, 0.717) is 25.7 Å². The minimum atomic E-state index is 0.463. The first-order chi connectivity index (χ1) is 10.3. The number of nitrogens with zero attached hydrogens (tertiary/aromatic N) is 1. The van der Waals surface area contributed by atoms with Gasteiger partial charge in [-0.25, -0.2) is 4.99 Å². The molecule has 21 heavy (non-hydrogen) atoms. The van der Waals surface area contributed by atoms with Crippen LogP contribution in [-0.2, 0) is 17.9 Å². The summed E-state index contributed by atoms with van der Waals surface area (Å²) < 4.78 is 10.6. The van der Waals surface area contributed by atoms with Gasteiger partial charge in [0, 0.05) is 13.2 Å². The van der Waals surface area contributed by atoms with E-state index < -0.39 is 0 Å². The van der Waals surface area contributed by atoms with E-state index in [2.05, 4.69) is 10.3 Å². The summed E-state index contributed by atoms with van der Waals surface area (Å²) in [5.41, 5.74) is 6.94. The summed E-state index contributed by atoms with van der Waals surface area (Å²) in [7, 11) is 0. The van der Waals surface area contributed by atoms with Crippen molar-refractivity contribution in [3.63, 3.8) is 0 Å². The van der Waals surface area contributed by atoms with Crippen molar-refractivity contribution in [2.24, 2.45) is 10.7 Å². The average Bonchev–Trinajstić information content (AvgIpc) is 3.03. The Hall–Kier alpha value is -2.27. The lowest BCUT2D eigenvalue weighted by molar-refractivity contribution is 0.105. The molecule has 0 aliphatic rings. The molecule has 1 aromatic carbocycles. The predicted octanol–water partition coefficient (Wildman–Crippen LogP) is 2.29. The molecule has 112 valence electrons. The Bertz CT molecular complexity index is 524. The van der Waals surface area contributed by atoms with Crippen molar-refractivity contribution < 1.29 is 9.15 Å². The van der Waals surface area contributed by atoms with E-state index in [0.717, 1.165) is 24.3 Å². The van der Waals surface area contributed by atoms with Crippen LogP contribution in [0.25, 0.3) is 0 Å². The van der Waals surface area contributed by atoms with Crippen LogP contribution in [0.4, 0.5) is 0 Å². The average molecular weight is 287 g/mol. The van der Waals surface area contributed by atoms with Crippen LogP contribution in [0.3, 0.4) is 0 Å². The molecule has 0 atom stereocenters. The van der Waals surface area contributed by atoms with E-state index in [1.54, 1.807) is 6.26 Å². The molecular formula is C16H21N3O2. The second-order valence-electron chi connectivity index (χ2n) is 4.60. The van der Waals surface area contributed by atoms with Crippen LogP contribution >= 0.6 is 0 Å². The number of nitrogens with one attached hydrogen (secondary N) is 1. The molecule has 0 radical (unpaired) electrons. The number of ether oxygens (including phenoxy) is 1. The highest BCUT2D eigenvalue weighted by Gasteiger charge is 1.96. The van der Waals surface area contributed by atoms with Crippen LogP contribution in [0, 0.1) is 0 Å². The van der Waals surface area contributed by atoms with Gasteiger partial charge in [-0.15, -0.1) is 0 Å². The lowest BCUT2D eigenvalue weighted by Crippen LogP contribution is -2.32. The molecule has 0 aliphatic carbocycles. The van der Waals surface area contributed by atoms with E-state index in [1.807, 2.05) is 42.5 Å². The molecule has 0 unspecified atom stereocenters. The lowest BCUT2D eigenvalue weighted by Gasteiger charge is -2.06. The maximum atomic E-state index is 5.80. The first kappa shape index (κ1) is 15.1. The Morgan fingerprint density at radius 1 is 1.19 bits per heavy atom. The normalized spacial score (nSPS) is 11.5. The van der Waals surface area contributed by atoms with Crippen LogP contribution in [0.1, 0.15) is 17.7 Å². The minimum absolute atomic E-state index is 0.463. The predicted molar refractivity (Wildman–Crippen MR) is 82.8 cm³/mol. The summed E-state index contributed by atoms with van der Waals surface area (Å²) in [4.78, 5) is 4.28. The molecule has 0 amide bonds. The Morgan fingerprint density at radius 2 is 2.05 bits per heavy atom. The number of hydrogen-bond donors (Lipinski definition) is 2. The zero-order chi connectivity index (χ0) is 14.8. The molecule has 0 spiro atoms. The van der Waals surface area contributed by atoms with E-state index in [9.17, 15) is 0 Å². The van der Waals surface area contributed by atoms with Gasteiger partial charge in [0.2, 0.25) is 0 Å². The monoisotopic (exact) mass is 287 g/mol. The van der Waals surface area contributed by atoms with Gasteiger partial charge in [0.25, 0.3) is 0 Å². The molecular weight excluding hydrogens is 266 g/mol. The molecule has 3 N–H and O–H groups in total. The molecule has 0 aliphatic heterocycles. The van der Waals surface area contributed by atoms with Gasteiger partial charge in [0.05, 0.1) is 12.8 Å². The largest absolute Gasteiger partial charge is 0.467 e. The summed E-state index contributed by atoms with van der Waals surface area (Å²) in [5, 5.41) is 3.07. The highest BCUT2D eigenvalue weighted by Crippen LogP contribution is 2.02. The van der Waals surface area contributed by atoms with E-state index in [-0.39, 0.29) is 0 Å². The molecule has 5 nitrogen and oxygen atoms in total. The molecule has 0 bridgehead atoms. The number of benzene rings is 1. The fourth-order valence-electron chi connectivity index (χ4n) is 1.77. The van der Waals surface area contributed by atoms with Crippen molar-refractivity contribution in [1.82, 2.24) is 5.32 Å². The van der Waals surface area contributed by atoms with E-state index in [4.69, 9.17) is 14.9 Å². The Balaban J connectivity index is 1.53. The van der Waals surface area contributed by atoms with E-state index >= 15 is 0 Å². The van der Waals surface area contributed by atoms with Crippen LogP contribution in [0.2, 0.25) is 0 Å². The summed E-state index contributed by atoms with van der Waals surface area (Å²) in [6.07, 6.45) is 2.51. The third-order valence-electron chi connectivity index (χ3n) is 2.87. The Kier molecular flexibility index (Phi) is 6.35. The third-order valence-corrected chi connectivity index (χ3v) is 2.87. The third kappa shape index (κ3) is 6.14. The molecule has 1 heterocycles. The van der Waals surface area contributed by atoms with Crippen molar-refractivity contribution in [2.45, 2.75) is 19.6 Å². The minimum Gasteiger partial charge on any atom is -0.467 e. The van der Waals surface area contributed by atoms with Crippen LogP contribution in [-0.4, -0.2) is 19.1 Å². The SMILES string of the molecule is NC(=NCc1ccccc1)NCCCOCc1ccco1. The second-order valence-corrected chi connectivity index (χ2v) is 4.60. The van der Waals surface area contributed by atoms with Crippen molar-refractivity contribution >= 4 is 5.96 Å². The van der Waals surface area contributed by atoms with Crippen LogP contribution < -0.4 is 11.1 Å². The molecule has 1 aromatic heterocycles. The quantitative estimate of drug-likeness (QED) is 0.444. The zero-order valence-corrected chi connectivity index (χ0v) is 12.0. The molecule has 0 saturated carbocycles. The first-order valence-electron chi connectivity index (χ1n) is 7.02. The van der Waals surface area contributed by atoms with Gasteiger partial charge in [-0.1, -0.05) is 30.3 Å². The van der Waals surface area contributed by atoms with Gasteiger partial charge in [0.15, 0.2) is 5.96 Å². The van der Waals surface area contributed by atoms with Crippen molar-refractivity contribution in [1.29, 1.82) is 0 Å². The van der Waals surface area contributed by atoms with Gasteiger partial charge in [0.1, 0.15) is 12.4 Å². The fraction of sp³-hybridized carbons (Fsp3) is 0.312. The maximum absolute atomic E-state index is 5.80.